The first-order chi connectivity index (χ1) is 10.0. The summed E-state index contributed by atoms with van der Waals surface area (Å²) in [4.78, 5) is 24.6. The van der Waals surface area contributed by atoms with Gasteiger partial charge in [0, 0.05) is 19.5 Å². The number of nitrogens with zero attached hydrogens (tertiary/aromatic N) is 1. The van der Waals surface area contributed by atoms with E-state index >= 15 is 0 Å². The van der Waals surface area contributed by atoms with Gasteiger partial charge in [0.1, 0.15) is 0 Å². The molecule has 0 bridgehead atoms. The van der Waals surface area contributed by atoms with Crippen LogP contribution in [0.3, 0.4) is 0 Å². The Morgan fingerprint density at radius 3 is 2.67 bits per heavy atom. The molecule has 1 aliphatic heterocycles. The molecule has 1 fully saturated rings. The SMILES string of the molecule is COc1ccc(CN2CC(C(=O)O)CCC2=O)cc1OC. The summed E-state index contributed by atoms with van der Waals surface area (Å²) in [5.74, 6) is -0.131. The Hall–Kier alpha value is -2.24. The molecule has 0 radical (unpaired) electrons. The number of aliphatic carboxylic acids is 1. The van der Waals surface area contributed by atoms with Crippen LogP contribution in [-0.4, -0.2) is 42.6 Å². The zero-order valence-corrected chi connectivity index (χ0v) is 12.2. The average Bonchev–Trinajstić information content (AvgIpc) is 2.49. The van der Waals surface area contributed by atoms with Gasteiger partial charge in [0.15, 0.2) is 11.5 Å². The van der Waals surface area contributed by atoms with Crippen molar-refractivity contribution >= 4 is 11.9 Å². The summed E-state index contributed by atoms with van der Waals surface area (Å²) in [6.07, 6.45) is 0.695. The molecule has 6 heteroatoms. The number of rotatable bonds is 5. The van der Waals surface area contributed by atoms with E-state index in [9.17, 15) is 9.59 Å². The van der Waals surface area contributed by atoms with Crippen molar-refractivity contribution in [2.45, 2.75) is 19.4 Å². The number of hydrogen-bond donors (Lipinski definition) is 1. The summed E-state index contributed by atoms with van der Waals surface area (Å²) < 4.78 is 10.4. The normalized spacial score (nSPS) is 18.5. The molecule has 1 N–H and O–H groups in total. The van der Waals surface area contributed by atoms with E-state index in [-0.39, 0.29) is 18.9 Å². The minimum atomic E-state index is -0.847. The van der Waals surface area contributed by atoms with Gasteiger partial charge >= 0.3 is 5.97 Å². The standard InChI is InChI=1S/C15H19NO5/c1-20-12-5-3-10(7-13(12)21-2)8-16-9-11(15(18)19)4-6-14(16)17/h3,5,7,11H,4,6,8-9H2,1-2H3,(H,18,19). The second-order valence-corrected chi connectivity index (χ2v) is 5.04. The number of carboxylic acid groups (broad SMARTS) is 1. The van der Waals surface area contributed by atoms with Gasteiger partial charge < -0.3 is 19.5 Å². The van der Waals surface area contributed by atoms with Gasteiger partial charge in [-0.25, -0.2) is 0 Å². The number of methoxy groups -OCH3 is 2. The van der Waals surface area contributed by atoms with Crippen molar-refractivity contribution in [3.63, 3.8) is 0 Å². The summed E-state index contributed by atoms with van der Waals surface area (Å²) in [6, 6.07) is 5.42. The molecule has 0 saturated carbocycles. The molecule has 1 heterocycles. The highest BCUT2D eigenvalue weighted by molar-refractivity contribution is 5.80. The number of carbonyl (C=O) groups is 2. The predicted octanol–water partition coefficient (Wildman–Crippen LogP) is 1.53. The zero-order chi connectivity index (χ0) is 15.4. The van der Waals surface area contributed by atoms with Gasteiger partial charge in [-0.2, -0.15) is 0 Å². The second kappa shape index (κ2) is 6.47. The Bertz CT molecular complexity index is 543. The third-order valence-corrected chi connectivity index (χ3v) is 3.67. The van der Waals surface area contributed by atoms with Crippen molar-refractivity contribution < 1.29 is 24.2 Å². The number of benzene rings is 1. The van der Waals surface area contributed by atoms with E-state index < -0.39 is 11.9 Å². The summed E-state index contributed by atoms with van der Waals surface area (Å²) in [7, 11) is 3.11. The Balaban J connectivity index is 2.12. The first-order valence-corrected chi connectivity index (χ1v) is 6.76. The molecule has 1 aromatic rings. The van der Waals surface area contributed by atoms with Crippen molar-refractivity contribution in [1.82, 2.24) is 4.90 Å². The maximum Gasteiger partial charge on any atom is 0.308 e. The predicted molar refractivity (Wildman–Crippen MR) is 75.3 cm³/mol. The van der Waals surface area contributed by atoms with Crippen LogP contribution >= 0.6 is 0 Å². The van der Waals surface area contributed by atoms with Crippen molar-refractivity contribution in [2.75, 3.05) is 20.8 Å². The summed E-state index contributed by atoms with van der Waals surface area (Å²) in [5.41, 5.74) is 0.882. The van der Waals surface area contributed by atoms with E-state index in [1.165, 1.54) is 0 Å². The topological polar surface area (TPSA) is 76.1 Å². The number of carboxylic acids is 1. The van der Waals surface area contributed by atoms with Crippen molar-refractivity contribution in [2.24, 2.45) is 5.92 Å². The number of likely N-dealkylation sites (tertiary alicyclic amines) is 1. The maximum atomic E-state index is 11.9. The van der Waals surface area contributed by atoms with Gasteiger partial charge in [0.2, 0.25) is 5.91 Å². The molecule has 1 saturated heterocycles. The highest BCUT2D eigenvalue weighted by atomic mass is 16.5. The minimum Gasteiger partial charge on any atom is -0.493 e. The smallest absolute Gasteiger partial charge is 0.308 e. The molecule has 0 spiro atoms. The van der Waals surface area contributed by atoms with Crippen LogP contribution in [0.15, 0.2) is 18.2 Å². The van der Waals surface area contributed by atoms with Crippen molar-refractivity contribution in [3.8, 4) is 11.5 Å². The molecule has 1 aromatic carbocycles. The summed E-state index contributed by atoms with van der Waals surface area (Å²) >= 11 is 0. The maximum absolute atomic E-state index is 11.9. The molecule has 2 rings (SSSR count). The largest absolute Gasteiger partial charge is 0.493 e. The summed E-state index contributed by atoms with van der Waals surface area (Å²) in [6.45, 7) is 0.630. The van der Waals surface area contributed by atoms with E-state index in [0.29, 0.717) is 24.5 Å². The molecule has 0 aliphatic carbocycles. The van der Waals surface area contributed by atoms with Crippen LogP contribution in [-0.2, 0) is 16.1 Å². The first-order valence-electron chi connectivity index (χ1n) is 6.76. The molecule has 114 valence electrons. The monoisotopic (exact) mass is 293 g/mol. The molecule has 1 aliphatic rings. The Labute approximate surface area is 123 Å². The fourth-order valence-corrected chi connectivity index (χ4v) is 2.47. The van der Waals surface area contributed by atoms with E-state index in [2.05, 4.69) is 0 Å². The van der Waals surface area contributed by atoms with Gasteiger partial charge in [-0.05, 0) is 24.1 Å². The Morgan fingerprint density at radius 2 is 2.05 bits per heavy atom. The lowest BCUT2D eigenvalue weighted by Gasteiger charge is -2.30. The van der Waals surface area contributed by atoms with Crippen LogP contribution in [0, 0.1) is 5.92 Å². The van der Waals surface area contributed by atoms with Crippen LogP contribution < -0.4 is 9.47 Å². The van der Waals surface area contributed by atoms with Crippen LogP contribution in [0.1, 0.15) is 18.4 Å². The second-order valence-electron chi connectivity index (χ2n) is 5.04. The summed E-state index contributed by atoms with van der Waals surface area (Å²) in [5, 5.41) is 9.08. The third-order valence-electron chi connectivity index (χ3n) is 3.67. The number of hydrogen-bond acceptors (Lipinski definition) is 4. The van der Waals surface area contributed by atoms with E-state index in [0.717, 1.165) is 5.56 Å². The first kappa shape index (κ1) is 15.2. The van der Waals surface area contributed by atoms with Crippen LogP contribution in [0.25, 0.3) is 0 Å². The van der Waals surface area contributed by atoms with Crippen molar-refractivity contribution in [1.29, 1.82) is 0 Å². The van der Waals surface area contributed by atoms with E-state index in [1.807, 2.05) is 6.07 Å². The van der Waals surface area contributed by atoms with Crippen LogP contribution in [0.4, 0.5) is 0 Å². The molecular weight excluding hydrogens is 274 g/mol. The fourth-order valence-electron chi connectivity index (χ4n) is 2.47. The van der Waals surface area contributed by atoms with Gasteiger partial charge in [0.05, 0.1) is 20.1 Å². The Morgan fingerprint density at radius 1 is 1.33 bits per heavy atom. The number of ether oxygens (including phenoxy) is 2. The Kier molecular flexibility index (Phi) is 4.67. The van der Waals surface area contributed by atoms with Gasteiger partial charge in [0.25, 0.3) is 0 Å². The molecule has 1 unspecified atom stereocenters. The van der Waals surface area contributed by atoms with E-state index in [4.69, 9.17) is 14.6 Å². The highest BCUT2D eigenvalue weighted by Gasteiger charge is 2.30. The molecule has 0 aromatic heterocycles. The third kappa shape index (κ3) is 3.45. The number of carbonyl (C=O) groups excluding carboxylic acids is 1. The van der Waals surface area contributed by atoms with Crippen LogP contribution in [0.2, 0.25) is 0 Å². The lowest BCUT2D eigenvalue weighted by atomic mass is 9.97. The minimum absolute atomic E-state index is 0.0118. The van der Waals surface area contributed by atoms with Gasteiger partial charge in [-0.15, -0.1) is 0 Å². The van der Waals surface area contributed by atoms with Crippen molar-refractivity contribution in [3.05, 3.63) is 23.8 Å². The van der Waals surface area contributed by atoms with Gasteiger partial charge in [-0.1, -0.05) is 6.07 Å². The lowest BCUT2D eigenvalue weighted by molar-refractivity contribution is -0.147. The highest BCUT2D eigenvalue weighted by Crippen LogP contribution is 2.29. The average molecular weight is 293 g/mol. The molecule has 21 heavy (non-hydrogen) atoms. The fraction of sp³-hybridized carbons (Fsp3) is 0.467. The lowest BCUT2D eigenvalue weighted by Crippen LogP contribution is -2.42. The van der Waals surface area contributed by atoms with E-state index in [1.54, 1.807) is 31.3 Å². The molecule has 6 nitrogen and oxygen atoms in total. The zero-order valence-electron chi connectivity index (χ0n) is 12.2. The molecule has 1 amide bonds. The number of piperidine rings is 1. The molecular formula is C15H19NO5. The molecule has 1 atom stereocenters. The van der Waals surface area contributed by atoms with Gasteiger partial charge in [-0.3, -0.25) is 9.59 Å². The number of amides is 1. The quantitative estimate of drug-likeness (QED) is 0.891. The van der Waals surface area contributed by atoms with Crippen LogP contribution in [0.5, 0.6) is 11.5 Å².